The van der Waals surface area contributed by atoms with Gasteiger partial charge in [0.2, 0.25) is 0 Å². The lowest BCUT2D eigenvalue weighted by Gasteiger charge is -2.05. The average Bonchev–Trinajstić information content (AvgIpc) is 3.12. The van der Waals surface area contributed by atoms with Crippen LogP contribution in [-0.2, 0) is 0 Å². The summed E-state index contributed by atoms with van der Waals surface area (Å²) in [6, 6.07) is 11.8. The number of thiophene rings is 1. The van der Waals surface area contributed by atoms with Crippen molar-refractivity contribution in [2.75, 3.05) is 5.75 Å². The second kappa shape index (κ2) is 6.46. The Hall–Kier alpha value is -1.92. The van der Waals surface area contributed by atoms with Crippen LogP contribution in [0.3, 0.4) is 0 Å². The Morgan fingerprint density at radius 2 is 2.05 bits per heavy atom. The number of hydrogen-bond donors (Lipinski definition) is 0. The first-order valence-electron chi connectivity index (χ1n) is 6.83. The minimum Gasteiger partial charge on any atom is -0.293 e. The summed E-state index contributed by atoms with van der Waals surface area (Å²) < 4.78 is 1.89. The molecule has 0 aliphatic heterocycles. The Labute approximate surface area is 137 Å². The van der Waals surface area contributed by atoms with Crippen molar-refractivity contribution < 1.29 is 4.79 Å². The van der Waals surface area contributed by atoms with E-state index in [1.807, 2.05) is 54.8 Å². The summed E-state index contributed by atoms with van der Waals surface area (Å²) in [6.45, 7) is 4.01. The third kappa shape index (κ3) is 3.13. The van der Waals surface area contributed by atoms with Crippen LogP contribution in [-0.4, -0.2) is 26.3 Å². The summed E-state index contributed by atoms with van der Waals surface area (Å²) in [5.41, 5.74) is 1.81. The average molecular weight is 329 g/mol. The second-order valence-electron chi connectivity index (χ2n) is 4.86. The summed E-state index contributed by atoms with van der Waals surface area (Å²) >= 11 is 3.07. The number of aryl methyl sites for hydroxylation is 2. The fourth-order valence-electron chi connectivity index (χ4n) is 2.20. The van der Waals surface area contributed by atoms with Crippen molar-refractivity contribution in [1.82, 2.24) is 14.8 Å². The molecule has 0 saturated heterocycles. The van der Waals surface area contributed by atoms with Gasteiger partial charge >= 0.3 is 0 Å². The molecule has 22 heavy (non-hydrogen) atoms. The highest BCUT2D eigenvalue weighted by Crippen LogP contribution is 2.24. The van der Waals surface area contributed by atoms with Gasteiger partial charge in [-0.1, -0.05) is 30.0 Å². The van der Waals surface area contributed by atoms with Crippen molar-refractivity contribution in [3.05, 3.63) is 58.0 Å². The van der Waals surface area contributed by atoms with Crippen LogP contribution in [0.4, 0.5) is 0 Å². The van der Waals surface area contributed by atoms with E-state index >= 15 is 0 Å². The van der Waals surface area contributed by atoms with Gasteiger partial charge in [0.05, 0.1) is 5.75 Å². The van der Waals surface area contributed by atoms with Gasteiger partial charge in [-0.05, 0) is 32.0 Å². The highest BCUT2D eigenvalue weighted by Gasteiger charge is 2.14. The van der Waals surface area contributed by atoms with Gasteiger partial charge < -0.3 is 0 Å². The summed E-state index contributed by atoms with van der Waals surface area (Å²) in [7, 11) is 0. The van der Waals surface area contributed by atoms with E-state index in [0.29, 0.717) is 5.75 Å². The zero-order valence-electron chi connectivity index (χ0n) is 12.3. The highest BCUT2D eigenvalue weighted by molar-refractivity contribution is 7.99. The number of nitrogens with zero attached hydrogens (tertiary/aromatic N) is 3. The van der Waals surface area contributed by atoms with E-state index in [0.717, 1.165) is 21.3 Å². The van der Waals surface area contributed by atoms with Gasteiger partial charge in [-0.25, -0.2) is 0 Å². The lowest BCUT2D eigenvalue weighted by Crippen LogP contribution is -2.04. The topological polar surface area (TPSA) is 47.8 Å². The molecule has 0 N–H and O–H groups in total. The summed E-state index contributed by atoms with van der Waals surface area (Å²) in [6.07, 6.45) is 1.67. The van der Waals surface area contributed by atoms with Crippen LogP contribution in [0.5, 0.6) is 0 Å². The molecular formula is C16H15N3OS2. The first kappa shape index (κ1) is 15.0. The molecule has 0 fully saturated rings. The van der Waals surface area contributed by atoms with E-state index in [1.165, 1.54) is 16.6 Å². The summed E-state index contributed by atoms with van der Waals surface area (Å²) in [4.78, 5) is 14.6. The van der Waals surface area contributed by atoms with Crippen molar-refractivity contribution >= 4 is 28.9 Å². The van der Waals surface area contributed by atoms with Crippen LogP contribution in [0.2, 0.25) is 0 Å². The number of carbonyl (C=O) groups excluding carboxylic acids is 1. The third-order valence-corrected chi connectivity index (χ3v) is 5.13. The molecule has 2 heterocycles. The number of hydrogen-bond acceptors (Lipinski definition) is 5. The maximum Gasteiger partial charge on any atom is 0.196 e. The number of Topliss-reactive ketones (excluding diaryl/α,β-unsaturated/α-hetero) is 1. The van der Waals surface area contributed by atoms with Gasteiger partial charge in [-0.2, -0.15) is 0 Å². The molecule has 0 atom stereocenters. The number of thioether (sulfide) groups is 1. The normalized spacial score (nSPS) is 10.8. The molecule has 0 amide bonds. The Kier molecular flexibility index (Phi) is 4.40. The maximum absolute atomic E-state index is 12.4. The molecule has 2 aromatic heterocycles. The van der Waals surface area contributed by atoms with E-state index in [4.69, 9.17) is 0 Å². The largest absolute Gasteiger partial charge is 0.293 e. The molecule has 0 aliphatic carbocycles. The van der Waals surface area contributed by atoms with E-state index in [2.05, 4.69) is 10.2 Å². The molecule has 3 rings (SSSR count). The molecule has 6 heteroatoms. The standard InChI is InChI=1S/C16H15N3OS2/c1-11-8-14(12(2)22-11)15(20)9-21-16-18-17-10-19(16)13-6-4-3-5-7-13/h3-8,10H,9H2,1-2H3. The first-order valence-corrected chi connectivity index (χ1v) is 8.64. The minimum atomic E-state index is 0.134. The monoisotopic (exact) mass is 329 g/mol. The Bertz CT molecular complexity index is 793. The Morgan fingerprint density at radius 1 is 1.27 bits per heavy atom. The van der Waals surface area contributed by atoms with Gasteiger partial charge in [-0.3, -0.25) is 9.36 Å². The minimum absolute atomic E-state index is 0.134. The molecule has 112 valence electrons. The predicted molar refractivity (Wildman–Crippen MR) is 90.2 cm³/mol. The Morgan fingerprint density at radius 3 is 2.73 bits per heavy atom. The van der Waals surface area contributed by atoms with Crippen LogP contribution >= 0.6 is 23.1 Å². The smallest absolute Gasteiger partial charge is 0.196 e. The predicted octanol–water partition coefficient (Wildman–Crippen LogP) is 3.92. The van der Waals surface area contributed by atoms with Crippen LogP contribution in [0.15, 0.2) is 47.9 Å². The van der Waals surface area contributed by atoms with Gasteiger partial charge in [0.25, 0.3) is 0 Å². The van der Waals surface area contributed by atoms with Gasteiger partial charge in [-0.15, -0.1) is 21.5 Å². The van der Waals surface area contributed by atoms with Crippen molar-refractivity contribution in [2.45, 2.75) is 19.0 Å². The molecular weight excluding hydrogens is 314 g/mol. The van der Waals surface area contributed by atoms with E-state index in [9.17, 15) is 4.79 Å². The molecule has 0 spiro atoms. The van der Waals surface area contributed by atoms with E-state index in [1.54, 1.807) is 17.7 Å². The maximum atomic E-state index is 12.4. The zero-order chi connectivity index (χ0) is 15.5. The lowest BCUT2D eigenvalue weighted by atomic mass is 10.2. The second-order valence-corrected chi connectivity index (χ2v) is 7.26. The first-order chi connectivity index (χ1) is 10.6. The number of aromatic nitrogens is 3. The summed E-state index contributed by atoms with van der Waals surface area (Å²) in [5.74, 6) is 0.497. The zero-order valence-corrected chi connectivity index (χ0v) is 13.9. The molecule has 4 nitrogen and oxygen atoms in total. The van der Waals surface area contributed by atoms with Crippen LogP contribution in [0.25, 0.3) is 5.69 Å². The van der Waals surface area contributed by atoms with Crippen LogP contribution < -0.4 is 0 Å². The summed E-state index contributed by atoms with van der Waals surface area (Å²) in [5, 5.41) is 8.79. The number of ketones is 1. The molecule has 0 unspecified atom stereocenters. The molecule has 3 aromatic rings. The number of rotatable bonds is 5. The lowest BCUT2D eigenvalue weighted by molar-refractivity contribution is 0.102. The molecule has 0 saturated carbocycles. The van der Waals surface area contributed by atoms with Crippen molar-refractivity contribution in [3.8, 4) is 5.69 Å². The quantitative estimate of drug-likeness (QED) is 0.526. The number of benzene rings is 1. The van der Waals surface area contributed by atoms with Gasteiger partial charge in [0.1, 0.15) is 6.33 Å². The molecule has 0 aliphatic rings. The highest BCUT2D eigenvalue weighted by atomic mass is 32.2. The van der Waals surface area contributed by atoms with Crippen molar-refractivity contribution in [3.63, 3.8) is 0 Å². The third-order valence-electron chi connectivity index (χ3n) is 3.22. The van der Waals surface area contributed by atoms with Crippen LogP contribution in [0.1, 0.15) is 20.1 Å². The molecule has 0 bridgehead atoms. The van der Waals surface area contributed by atoms with E-state index in [-0.39, 0.29) is 5.78 Å². The Balaban J connectivity index is 1.74. The molecule has 0 radical (unpaired) electrons. The fourth-order valence-corrected chi connectivity index (χ4v) is 3.96. The van der Waals surface area contributed by atoms with Crippen molar-refractivity contribution in [1.29, 1.82) is 0 Å². The number of para-hydroxylation sites is 1. The van der Waals surface area contributed by atoms with Gasteiger partial charge in [0.15, 0.2) is 10.9 Å². The fraction of sp³-hybridized carbons (Fsp3) is 0.188. The number of carbonyl (C=O) groups is 1. The SMILES string of the molecule is Cc1cc(C(=O)CSc2nncn2-c2ccccc2)c(C)s1. The van der Waals surface area contributed by atoms with Crippen LogP contribution in [0, 0.1) is 13.8 Å². The van der Waals surface area contributed by atoms with E-state index < -0.39 is 0 Å². The van der Waals surface area contributed by atoms with Gasteiger partial charge in [0, 0.05) is 21.0 Å². The van der Waals surface area contributed by atoms with Crippen molar-refractivity contribution in [2.24, 2.45) is 0 Å². The molecule has 1 aromatic carbocycles.